The highest BCUT2D eigenvalue weighted by Crippen LogP contribution is 2.31. The largest absolute Gasteiger partial charge is 0.573 e. The molecule has 0 spiro atoms. The molecule has 5 aromatic rings. The average Bonchev–Trinajstić information content (AvgIpc) is 3.62. The van der Waals surface area contributed by atoms with Crippen molar-refractivity contribution < 1.29 is 22.7 Å². The Labute approximate surface area is 237 Å². The van der Waals surface area contributed by atoms with Crippen LogP contribution in [0.2, 0.25) is 5.02 Å². The Kier molecular flexibility index (Phi) is 8.02. The Morgan fingerprint density at radius 3 is 2.39 bits per heavy atom. The van der Waals surface area contributed by atoms with Crippen molar-refractivity contribution in [2.24, 2.45) is 0 Å². The summed E-state index contributed by atoms with van der Waals surface area (Å²) in [6, 6.07) is 22.1. The number of aromatic nitrogens is 6. The van der Waals surface area contributed by atoms with E-state index in [0.717, 1.165) is 16.8 Å². The van der Waals surface area contributed by atoms with Crippen molar-refractivity contribution in [1.82, 2.24) is 35.7 Å². The van der Waals surface area contributed by atoms with Crippen LogP contribution in [-0.4, -0.2) is 42.7 Å². The summed E-state index contributed by atoms with van der Waals surface area (Å²) in [5.41, 5.74) is 4.50. The lowest BCUT2D eigenvalue weighted by atomic mass is 9.97. The van der Waals surface area contributed by atoms with Crippen molar-refractivity contribution in [1.29, 1.82) is 0 Å². The lowest BCUT2D eigenvalue weighted by Crippen LogP contribution is -2.23. The highest BCUT2D eigenvalue weighted by Gasteiger charge is 2.31. The Morgan fingerprint density at radius 1 is 1.05 bits per heavy atom. The molecule has 0 aliphatic carbocycles. The van der Waals surface area contributed by atoms with Gasteiger partial charge in [0.1, 0.15) is 5.75 Å². The van der Waals surface area contributed by atoms with E-state index in [9.17, 15) is 18.0 Å². The number of H-pyrrole nitrogens is 1. The third-order valence-electron chi connectivity index (χ3n) is 6.35. The van der Waals surface area contributed by atoms with Gasteiger partial charge >= 0.3 is 6.36 Å². The number of ether oxygens (including phenoxy) is 1. The van der Waals surface area contributed by atoms with Gasteiger partial charge in [0.25, 0.3) is 5.91 Å². The highest BCUT2D eigenvalue weighted by molar-refractivity contribution is 6.30. The zero-order valence-corrected chi connectivity index (χ0v) is 22.3. The number of nitrogens with one attached hydrogen (secondary N) is 2. The third-order valence-corrected chi connectivity index (χ3v) is 6.61. The zero-order valence-electron chi connectivity index (χ0n) is 21.6. The van der Waals surface area contributed by atoms with Crippen molar-refractivity contribution in [2.45, 2.75) is 32.3 Å². The maximum atomic E-state index is 12.6. The quantitative estimate of drug-likeness (QED) is 0.229. The molecule has 0 radical (unpaired) electrons. The van der Waals surface area contributed by atoms with Crippen LogP contribution in [0.25, 0.3) is 11.3 Å². The van der Waals surface area contributed by atoms with Crippen molar-refractivity contribution in [2.75, 3.05) is 0 Å². The summed E-state index contributed by atoms with van der Waals surface area (Å²) in [7, 11) is 0. The van der Waals surface area contributed by atoms with Gasteiger partial charge in [-0.2, -0.15) is 10.3 Å². The molecule has 210 valence electrons. The van der Waals surface area contributed by atoms with E-state index in [-0.39, 0.29) is 24.1 Å². The molecule has 0 saturated carbocycles. The lowest BCUT2D eigenvalue weighted by Gasteiger charge is -2.15. The Morgan fingerprint density at radius 2 is 1.76 bits per heavy atom. The second kappa shape index (κ2) is 11.8. The van der Waals surface area contributed by atoms with E-state index < -0.39 is 6.36 Å². The van der Waals surface area contributed by atoms with E-state index in [1.165, 1.54) is 24.3 Å². The number of hydrogen-bond donors (Lipinski definition) is 2. The minimum absolute atomic E-state index is 0.0726. The number of hydrogen-bond acceptors (Lipinski definition) is 6. The summed E-state index contributed by atoms with van der Waals surface area (Å²) in [4.78, 5) is 12.5. The number of nitrogens with zero attached hydrogens (tertiary/aromatic N) is 5. The second-order valence-electron chi connectivity index (χ2n) is 9.17. The van der Waals surface area contributed by atoms with Crippen LogP contribution in [-0.2, 0) is 13.1 Å². The number of carbonyl (C=O) groups excluding carboxylic acids is 1. The molecule has 0 fully saturated rings. The van der Waals surface area contributed by atoms with E-state index in [0.29, 0.717) is 34.2 Å². The molecule has 1 amide bonds. The third kappa shape index (κ3) is 7.09. The molecule has 1 unspecified atom stereocenters. The van der Waals surface area contributed by atoms with Crippen LogP contribution >= 0.6 is 11.6 Å². The molecule has 3 aromatic carbocycles. The summed E-state index contributed by atoms with van der Waals surface area (Å²) >= 11 is 6.08. The molecule has 0 aliphatic heterocycles. The van der Waals surface area contributed by atoms with Gasteiger partial charge in [0.05, 0.1) is 18.8 Å². The fourth-order valence-electron chi connectivity index (χ4n) is 4.25. The average molecular weight is 582 g/mol. The van der Waals surface area contributed by atoms with Gasteiger partial charge in [0.15, 0.2) is 5.82 Å². The molecule has 2 heterocycles. The van der Waals surface area contributed by atoms with Crippen LogP contribution in [0, 0.1) is 0 Å². The van der Waals surface area contributed by atoms with Crippen molar-refractivity contribution in [3.8, 4) is 17.0 Å². The number of halogens is 4. The summed E-state index contributed by atoms with van der Waals surface area (Å²) in [5.74, 6) is -0.291. The van der Waals surface area contributed by atoms with Gasteiger partial charge in [0, 0.05) is 27.8 Å². The monoisotopic (exact) mass is 581 g/mol. The van der Waals surface area contributed by atoms with Crippen LogP contribution in [0.15, 0.2) is 78.9 Å². The molecule has 1 atom stereocenters. The molecule has 0 aliphatic rings. The number of tetrazole rings is 1. The highest BCUT2D eigenvalue weighted by atomic mass is 35.5. The fourth-order valence-corrected chi connectivity index (χ4v) is 4.38. The molecule has 2 N–H and O–H groups in total. The van der Waals surface area contributed by atoms with Gasteiger partial charge in [-0.25, -0.2) is 0 Å². The van der Waals surface area contributed by atoms with Crippen LogP contribution in [0.3, 0.4) is 0 Å². The van der Waals surface area contributed by atoms with Crippen LogP contribution in [0.4, 0.5) is 13.2 Å². The van der Waals surface area contributed by atoms with Gasteiger partial charge in [0.2, 0.25) is 0 Å². The first-order valence-corrected chi connectivity index (χ1v) is 12.8. The van der Waals surface area contributed by atoms with Crippen molar-refractivity contribution in [3.63, 3.8) is 0 Å². The van der Waals surface area contributed by atoms with Crippen LogP contribution < -0.4 is 10.1 Å². The number of carbonyl (C=O) groups is 1. The van der Waals surface area contributed by atoms with Gasteiger partial charge in [-0.3, -0.25) is 9.48 Å². The van der Waals surface area contributed by atoms with Gasteiger partial charge in [-0.15, -0.1) is 23.4 Å². The summed E-state index contributed by atoms with van der Waals surface area (Å²) in [6.45, 7) is 2.58. The van der Waals surface area contributed by atoms with Crippen LogP contribution in [0.5, 0.6) is 5.75 Å². The molecule has 41 heavy (non-hydrogen) atoms. The normalized spacial score (nSPS) is 12.2. The maximum Gasteiger partial charge on any atom is 0.573 e. The first kappa shape index (κ1) is 27.8. The second-order valence-corrected chi connectivity index (χ2v) is 9.60. The number of rotatable bonds is 9. The first-order valence-electron chi connectivity index (χ1n) is 12.4. The van der Waals surface area contributed by atoms with Gasteiger partial charge < -0.3 is 10.1 Å². The van der Waals surface area contributed by atoms with E-state index in [4.69, 9.17) is 16.7 Å². The number of aromatic amines is 1. The van der Waals surface area contributed by atoms with Gasteiger partial charge in [-0.1, -0.05) is 48.0 Å². The Balaban J connectivity index is 1.39. The summed E-state index contributed by atoms with van der Waals surface area (Å²) < 4.78 is 43.6. The molecule has 13 heteroatoms. The van der Waals surface area contributed by atoms with E-state index in [1.807, 2.05) is 54.1 Å². The molecular formula is C28H23ClF3N7O2. The van der Waals surface area contributed by atoms with Crippen molar-refractivity contribution >= 4 is 17.5 Å². The number of alkyl halides is 3. The first-order chi connectivity index (χ1) is 19.6. The Bertz CT molecular complexity index is 1600. The van der Waals surface area contributed by atoms with Crippen LogP contribution in [0.1, 0.15) is 45.8 Å². The SMILES string of the molecule is CC(c1ccc(Cl)cc1)c1cc(-c2ccc(OC(F)(F)F)cc2)nn1Cc1ccc(C(=O)NCc2nn[nH]n2)cc1. The minimum atomic E-state index is -4.77. The molecule has 0 saturated heterocycles. The Hall–Kier alpha value is -4.71. The fraction of sp³-hybridized carbons (Fsp3) is 0.179. The predicted octanol–water partition coefficient (Wildman–Crippen LogP) is 5.75. The summed E-state index contributed by atoms with van der Waals surface area (Å²) in [5, 5.41) is 21.5. The molecular weight excluding hydrogens is 559 g/mol. The lowest BCUT2D eigenvalue weighted by molar-refractivity contribution is -0.274. The van der Waals surface area contributed by atoms with E-state index >= 15 is 0 Å². The molecule has 9 nitrogen and oxygen atoms in total. The van der Waals surface area contributed by atoms with E-state index in [2.05, 4.69) is 30.7 Å². The molecule has 2 aromatic heterocycles. The van der Waals surface area contributed by atoms with Gasteiger partial charge in [-0.05, 0) is 65.7 Å². The zero-order chi connectivity index (χ0) is 29.0. The number of amides is 1. The molecule has 0 bridgehead atoms. The molecule has 5 rings (SSSR count). The van der Waals surface area contributed by atoms with E-state index in [1.54, 1.807) is 12.1 Å². The smallest absolute Gasteiger partial charge is 0.406 e. The topological polar surface area (TPSA) is 111 Å². The minimum Gasteiger partial charge on any atom is -0.406 e. The maximum absolute atomic E-state index is 12.6. The summed E-state index contributed by atoms with van der Waals surface area (Å²) in [6.07, 6.45) is -4.77. The number of benzene rings is 3. The van der Waals surface area contributed by atoms with Crippen molar-refractivity contribution in [3.05, 3.63) is 112 Å². The predicted molar refractivity (Wildman–Crippen MR) is 144 cm³/mol. The standard InChI is InChI=1S/C28H23ClF3N7O2/c1-17(19-6-10-22(29)11-7-19)25-14-24(20-8-12-23(13-9-20)41-28(30,31)32)36-39(25)16-18-2-4-21(5-3-18)27(40)33-15-26-34-37-38-35-26/h2-14,17H,15-16H2,1H3,(H,33,40)(H,34,35,37,38).